The molecule has 0 heterocycles. The third-order valence-corrected chi connectivity index (χ3v) is 3.66. The van der Waals surface area contributed by atoms with Crippen LogP contribution in [0.5, 0.6) is 5.75 Å². The van der Waals surface area contributed by atoms with E-state index in [2.05, 4.69) is 6.92 Å². The number of nitrogens with two attached hydrogens (primary N) is 1. The molecule has 1 atom stereocenters. The van der Waals surface area contributed by atoms with Crippen LogP contribution in [0, 0.1) is 0 Å². The van der Waals surface area contributed by atoms with Gasteiger partial charge >= 0.3 is 0 Å². The lowest BCUT2D eigenvalue weighted by Gasteiger charge is -2.21. The average Bonchev–Trinajstić information content (AvgIpc) is 2.37. The molecule has 1 aromatic carbocycles. The standard InChI is InChI=1S/C15H23Cl2NO/c1-3-6-11(7-5-8-18)13-9-12(16)10-14(17)15(13)19-4-2/h9-11H,3-8,18H2,1-2H3. The molecule has 2 nitrogen and oxygen atoms in total. The van der Waals surface area contributed by atoms with E-state index in [-0.39, 0.29) is 0 Å². The van der Waals surface area contributed by atoms with Crippen molar-refractivity contribution in [3.8, 4) is 5.75 Å². The Bertz CT molecular complexity index is 396. The van der Waals surface area contributed by atoms with Gasteiger partial charge in [0.2, 0.25) is 0 Å². The molecule has 1 aromatic rings. The molecule has 19 heavy (non-hydrogen) atoms. The number of hydrogen-bond donors (Lipinski definition) is 1. The van der Waals surface area contributed by atoms with Gasteiger partial charge in [0.05, 0.1) is 11.6 Å². The van der Waals surface area contributed by atoms with Crippen molar-refractivity contribution in [1.29, 1.82) is 0 Å². The van der Waals surface area contributed by atoms with Gasteiger partial charge in [-0.3, -0.25) is 0 Å². The van der Waals surface area contributed by atoms with Gasteiger partial charge in [-0.15, -0.1) is 0 Å². The Kier molecular flexibility index (Phi) is 7.59. The molecule has 4 heteroatoms. The molecule has 0 aliphatic heterocycles. The molecule has 2 N–H and O–H groups in total. The largest absolute Gasteiger partial charge is 0.492 e. The van der Waals surface area contributed by atoms with Gasteiger partial charge in [0.25, 0.3) is 0 Å². The second kappa shape index (κ2) is 8.68. The smallest absolute Gasteiger partial charge is 0.141 e. The summed E-state index contributed by atoms with van der Waals surface area (Å²) in [5, 5.41) is 1.26. The van der Waals surface area contributed by atoms with E-state index >= 15 is 0 Å². The minimum absolute atomic E-state index is 0.409. The molecule has 0 amide bonds. The second-order valence-corrected chi connectivity index (χ2v) is 5.50. The van der Waals surface area contributed by atoms with Crippen LogP contribution >= 0.6 is 23.2 Å². The predicted octanol–water partition coefficient (Wildman–Crippen LogP) is 5.01. The molecule has 0 aromatic heterocycles. The molecule has 108 valence electrons. The third kappa shape index (κ3) is 4.87. The van der Waals surface area contributed by atoms with Crippen molar-refractivity contribution in [2.45, 2.75) is 45.4 Å². The Morgan fingerprint density at radius 1 is 1.21 bits per heavy atom. The fourth-order valence-electron chi connectivity index (χ4n) is 2.35. The van der Waals surface area contributed by atoms with Crippen LogP contribution in [-0.4, -0.2) is 13.2 Å². The number of ether oxygens (including phenoxy) is 1. The zero-order valence-corrected chi connectivity index (χ0v) is 13.2. The van der Waals surface area contributed by atoms with Crippen molar-refractivity contribution in [3.63, 3.8) is 0 Å². The van der Waals surface area contributed by atoms with Crippen molar-refractivity contribution in [2.75, 3.05) is 13.2 Å². The van der Waals surface area contributed by atoms with E-state index < -0.39 is 0 Å². The van der Waals surface area contributed by atoms with E-state index in [1.165, 1.54) is 0 Å². The van der Waals surface area contributed by atoms with Crippen molar-refractivity contribution >= 4 is 23.2 Å². The minimum Gasteiger partial charge on any atom is -0.492 e. The first-order chi connectivity index (χ1) is 9.13. The fourth-order valence-corrected chi connectivity index (χ4v) is 2.91. The van der Waals surface area contributed by atoms with Crippen molar-refractivity contribution in [3.05, 3.63) is 27.7 Å². The fraction of sp³-hybridized carbons (Fsp3) is 0.600. The maximum Gasteiger partial charge on any atom is 0.141 e. The molecule has 0 radical (unpaired) electrons. The van der Waals surface area contributed by atoms with E-state index in [0.29, 0.717) is 29.1 Å². The summed E-state index contributed by atoms with van der Waals surface area (Å²) in [6.45, 7) is 5.45. The zero-order chi connectivity index (χ0) is 14.3. The van der Waals surface area contributed by atoms with Crippen molar-refractivity contribution in [2.24, 2.45) is 5.73 Å². The van der Waals surface area contributed by atoms with Crippen LogP contribution in [0.25, 0.3) is 0 Å². The van der Waals surface area contributed by atoms with E-state index in [1.807, 2.05) is 13.0 Å². The second-order valence-electron chi connectivity index (χ2n) is 4.66. The summed E-state index contributed by atoms with van der Waals surface area (Å²) in [7, 11) is 0. The summed E-state index contributed by atoms with van der Waals surface area (Å²) >= 11 is 12.4. The van der Waals surface area contributed by atoms with Gasteiger partial charge in [-0.2, -0.15) is 0 Å². The SMILES string of the molecule is CCCC(CCCN)c1cc(Cl)cc(Cl)c1OCC. The van der Waals surface area contributed by atoms with E-state index in [1.54, 1.807) is 6.07 Å². The highest BCUT2D eigenvalue weighted by Gasteiger charge is 2.18. The van der Waals surface area contributed by atoms with E-state index in [0.717, 1.165) is 37.0 Å². The summed E-state index contributed by atoms with van der Waals surface area (Å²) in [5.74, 6) is 1.19. The molecule has 0 fully saturated rings. The Morgan fingerprint density at radius 2 is 1.95 bits per heavy atom. The minimum atomic E-state index is 0.409. The lowest BCUT2D eigenvalue weighted by atomic mass is 9.89. The summed E-state index contributed by atoms with van der Waals surface area (Å²) in [6, 6.07) is 3.72. The van der Waals surface area contributed by atoms with Gasteiger partial charge in [0.15, 0.2) is 0 Å². The first kappa shape index (κ1) is 16.6. The van der Waals surface area contributed by atoms with E-state index in [4.69, 9.17) is 33.7 Å². The van der Waals surface area contributed by atoms with Gasteiger partial charge in [-0.05, 0) is 50.8 Å². The Morgan fingerprint density at radius 3 is 2.53 bits per heavy atom. The summed E-state index contributed by atoms with van der Waals surface area (Å²) < 4.78 is 5.71. The van der Waals surface area contributed by atoms with Crippen LogP contribution in [0.15, 0.2) is 12.1 Å². The van der Waals surface area contributed by atoms with Crippen molar-refractivity contribution < 1.29 is 4.74 Å². The van der Waals surface area contributed by atoms with Crippen LogP contribution in [0.4, 0.5) is 0 Å². The summed E-state index contributed by atoms with van der Waals surface area (Å²) in [6.07, 6.45) is 4.25. The van der Waals surface area contributed by atoms with Crippen LogP contribution in [0.2, 0.25) is 10.0 Å². The molecule has 0 aliphatic rings. The lowest BCUT2D eigenvalue weighted by molar-refractivity contribution is 0.332. The third-order valence-electron chi connectivity index (χ3n) is 3.16. The first-order valence-corrected chi connectivity index (χ1v) is 7.71. The molecule has 0 spiro atoms. The molecule has 0 bridgehead atoms. The van der Waals surface area contributed by atoms with Crippen LogP contribution in [0.3, 0.4) is 0 Å². The van der Waals surface area contributed by atoms with Gasteiger partial charge in [0.1, 0.15) is 5.75 Å². The maximum atomic E-state index is 6.26. The maximum absolute atomic E-state index is 6.26. The number of halogens is 2. The van der Waals surface area contributed by atoms with Crippen molar-refractivity contribution in [1.82, 2.24) is 0 Å². The predicted molar refractivity (Wildman–Crippen MR) is 83.6 cm³/mol. The average molecular weight is 304 g/mol. The quantitative estimate of drug-likeness (QED) is 0.732. The molecule has 0 aliphatic carbocycles. The van der Waals surface area contributed by atoms with Crippen LogP contribution in [-0.2, 0) is 0 Å². The van der Waals surface area contributed by atoms with Gasteiger partial charge < -0.3 is 10.5 Å². The highest BCUT2D eigenvalue weighted by atomic mass is 35.5. The normalized spacial score (nSPS) is 12.5. The number of rotatable bonds is 8. The summed E-state index contributed by atoms with van der Waals surface area (Å²) in [4.78, 5) is 0. The zero-order valence-electron chi connectivity index (χ0n) is 11.7. The van der Waals surface area contributed by atoms with E-state index in [9.17, 15) is 0 Å². The Hall–Kier alpha value is -0.440. The monoisotopic (exact) mass is 303 g/mol. The Balaban J connectivity index is 3.10. The Labute approximate surface area is 126 Å². The lowest BCUT2D eigenvalue weighted by Crippen LogP contribution is -2.07. The highest BCUT2D eigenvalue weighted by Crippen LogP contribution is 2.40. The molecule has 0 saturated carbocycles. The van der Waals surface area contributed by atoms with Gasteiger partial charge in [-0.25, -0.2) is 0 Å². The molecule has 0 saturated heterocycles. The summed E-state index contributed by atoms with van der Waals surface area (Å²) in [5.41, 5.74) is 6.74. The molecular weight excluding hydrogens is 281 g/mol. The molecular formula is C15H23Cl2NO. The highest BCUT2D eigenvalue weighted by molar-refractivity contribution is 6.35. The topological polar surface area (TPSA) is 35.2 Å². The first-order valence-electron chi connectivity index (χ1n) is 6.95. The molecule has 1 rings (SSSR count). The molecule has 1 unspecified atom stereocenters. The number of hydrogen-bond acceptors (Lipinski definition) is 2. The van der Waals surface area contributed by atoms with Gasteiger partial charge in [-0.1, -0.05) is 36.5 Å². The van der Waals surface area contributed by atoms with Gasteiger partial charge in [0, 0.05) is 10.6 Å². The van der Waals surface area contributed by atoms with Crippen LogP contribution < -0.4 is 10.5 Å². The van der Waals surface area contributed by atoms with Crippen LogP contribution in [0.1, 0.15) is 51.0 Å². The number of benzene rings is 1.